The van der Waals surface area contributed by atoms with Crippen molar-refractivity contribution in [2.75, 3.05) is 0 Å². The minimum absolute atomic E-state index is 0.131. The Morgan fingerprint density at radius 2 is 1.58 bits per heavy atom. The molecule has 4 heteroatoms. The maximum absolute atomic E-state index is 11.5. The van der Waals surface area contributed by atoms with Gasteiger partial charge in [-0.2, -0.15) is 0 Å². The maximum atomic E-state index is 11.5. The number of carbonyl (C=O) groups excluding carboxylic acids is 1. The van der Waals surface area contributed by atoms with Crippen molar-refractivity contribution >= 4 is 5.97 Å². The predicted octanol–water partition coefficient (Wildman–Crippen LogP) is 2.37. The van der Waals surface area contributed by atoms with Gasteiger partial charge in [-0.15, -0.1) is 0 Å². The summed E-state index contributed by atoms with van der Waals surface area (Å²) in [5.41, 5.74) is 0. The van der Waals surface area contributed by atoms with Crippen molar-refractivity contribution in [3.8, 4) is 0 Å². The number of hydrogen-bond acceptors (Lipinski definition) is 4. The fourth-order valence-corrected chi connectivity index (χ4v) is 2.36. The molecular weight excluding hydrogens is 244 g/mol. The summed E-state index contributed by atoms with van der Waals surface area (Å²) in [5, 5.41) is 20.2. The average molecular weight is 274 g/mol. The van der Waals surface area contributed by atoms with E-state index in [9.17, 15) is 15.0 Å². The summed E-state index contributed by atoms with van der Waals surface area (Å²) in [5.74, 6) is -0.555. The summed E-state index contributed by atoms with van der Waals surface area (Å²) < 4.78 is 5.43. The first-order valence-corrected chi connectivity index (χ1v) is 7.31. The van der Waals surface area contributed by atoms with E-state index in [1.165, 1.54) is 0 Å². The molecule has 0 saturated heterocycles. The Bertz CT molecular complexity index is 265. The van der Waals surface area contributed by atoms with Crippen LogP contribution in [0.15, 0.2) is 0 Å². The predicted molar refractivity (Wildman–Crippen MR) is 75.6 cm³/mol. The summed E-state index contributed by atoms with van der Waals surface area (Å²) in [6, 6.07) is 0. The zero-order valence-corrected chi connectivity index (χ0v) is 13.1. The van der Waals surface area contributed by atoms with Crippen LogP contribution in [0, 0.1) is 17.8 Å². The molecule has 0 unspecified atom stereocenters. The van der Waals surface area contributed by atoms with Crippen molar-refractivity contribution in [2.45, 2.75) is 72.7 Å². The van der Waals surface area contributed by atoms with Gasteiger partial charge in [0.15, 0.2) is 0 Å². The molecule has 0 fully saturated rings. The van der Waals surface area contributed by atoms with E-state index >= 15 is 0 Å². The summed E-state index contributed by atoms with van der Waals surface area (Å²) >= 11 is 0. The van der Waals surface area contributed by atoms with Crippen molar-refractivity contribution in [1.29, 1.82) is 0 Å². The topological polar surface area (TPSA) is 66.8 Å². The van der Waals surface area contributed by atoms with Gasteiger partial charge < -0.3 is 14.9 Å². The molecule has 0 radical (unpaired) electrons. The van der Waals surface area contributed by atoms with Crippen LogP contribution < -0.4 is 0 Å². The van der Waals surface area contributed by atoms with Crippen LogP contribution in [0.25, 0.3) is 0 Å². The lowest BCUT2D eigenvalue weighted by Crippen LogP contribution is -2.42. The third-order valence-corrected chi connectivity index (χ3v) is 3.83. The zero-order chi connectivity index (χ0) is 15.2. The number of carbonyl (C=O) groups is 1. The van der Waals surface area contributed by atoms with Crippen LogP contribution in [0.1, 0.15) is 54.4 Å². The molecule has 2 N–H and O–H groups in total. The Hall–Kier alpha value is -0.610. The minimum Gasteiger partial charge on any atom is -0.462 e. The van der Waals surface area contributed by atoms with Crippen molar-refractivity contribution in [3.63, 3.8) is 0 Å². The van der Waals surface area contributed by atoms with Gasteiger partial charge in [0.25, 0.3) is 0 Å². The second-order valence-electron chi connectivity index (χ2n) is 5.74. The van der Waals surface area contributed by atoms with Crippen LogP contribution in [-0.4, -0.2) is 34.5 Å². The monoisotopic (exact) mass is 274 g/mol. The molecule has 19 heavy (non-hydrogen) atoms. The molecule has 5 atom stereocenters. The largest absolute Gasteiger partial charge is 0.462 e. The van der Waals surface area contributed by atoms with Gasteiger partial charge >= 0.3 is 5.97 Å². The lowest BCUT2D eigenvalue weighted by molar-refractivity contribution is -0.158. The molecule has 114 valence electrons. The normalized spacial score (nSPS) is 19.6. The van der Waals surface area contributed by atoms with E-state index in [0.29, 0.717) is 12.8 Å². The average Bonchev–Trinajstić information content (AvgIpc) is 2.40. The van der Waals surface area contributed by atoms with Gasteiger partial charge in [-0.3, -0.25) is 4.79 Å². The third kappa shape index (κ3) is 5.49. The van der Waals surface area contributed by atoms with Gasteiger partial charge in [0.05, 0.1) is 12.2 Å². The molecule has 4 nitrogen and oxygen atoms in total. The molecule has 0 bridgehead atoms. The highest BCUT2D eigenvalue weighted by molar-refractivity contribution is 5.69. The van der Waals surface area contributed by atoms with E-state index in [1.807, 2.05) is 34.6 Å². The smallest absolute Gasteiger partial charge is 0.305 e. The van der Waals surface area contributed by atoms with E-state index < -0.39 is 12.2 Å². The van der Waals surface area contributed by atoms with Gasteiger partial charge in [0, 0.05) is 18.3 Å². The standard InChI is InChI=1S/C15H30O4/c1-7-12(16)10(5)14(18)11(6)15(9(3)4)19-13(17)8-2/h9-12,14-16,18H,7-8H2,1-6H3/t10-,11+,12-,14-,15-/m1/s1. The second kappa shape index (κ2) is 8.54. The second-order valence-corrected chi connectivity index (χ2v) is 5.74. The number of aliphatic hydroxyl groups excluding tert-OH is 2. The summed E-state index contributed by atoms with van der Waals surface area (Å²) in [4.78, 5) is 11.5. The summed E-state index contributed by atoms with van der Waals surface area (Å²) in [6.07, 6.45) is -0.612. The SMILES string of the molecule is CCC(=O)O[C@H](C(C)C)[C@@H](C)[C@H](O)[C@H](C)[C@H](O)CC. The number of hydrogen-bond donors (Lipinski definition) is 2. The molecular formula is C15H30O4. The first kappa shape index (κ1) is 18.4. The van der Waals surface area contributed by atoms with E-state index in [2.05, 4.69) is 0 Å². The van der Waals surface area contributed by atoms with Gasteiger partial charge in [-0.05, 0) is 12.3 Å². The quantitative estimate of drug-likeness (QED) is 0.667. The van der Waals surface area contributed by atoms with E-state index in [1.54, 1.807) is 6.92 Å². The highest BCUT2D eigenvalue weighted by Gasteiger charge is 2.34. The van der Waals surface area contributed by atoms with Crippen molar-refractivity contribution < 1.29 is 19.7 Å². The van der Waals surface area contributed by atoms with Gasteiger partial charge in [0.1, 0.15) is 6.10 Å². The van der Waals surface area contributed by atoms with Gasteiger partial charge in [0.2, 0.25) is 0 Å². The molecule has 0 saturated carbocycles. The Morgan fingerprint density at radius 1 is 1.05 bits per heavy atom. The Kier molecular flexibility index (Phi) is 8.26. The van der Waals surface area contributed by atoms with Crippen LogP contribution >= 0.6 is 0 Å². The molecule has 0 aromatic heterocycles. The molecule has 0 spiro atoms. The molecule has 0 aromatic rings. The summed E-state index contributed by atoms with van der Waals surface area (Å²) in [6.45, 7) is 11.3. The molecule has 0 rings (SSSR count). The van der Waals surface area contributed by atoms with Gasteiger partial charge in [-0.25, -0.2) is 0 Å². The number of aliphatic hydroxyl groups is 2. The van der Waals surface area contributed by atoms with Crippen LogP contribution in [0.4, 0.5) is 0 Å². The minimum atomic E-state index is -0.688. The molecule has 0 amide bonds. The van der Waals surface area contributed by atoms with Crippen molar-refractivity contribution in [3.05, 3.63) is 0 Å². The highest BCUT2D eigenvalue weighted by atomic mass is 16.5. The van der Waals surface area contributed by atoms with E-state index in [-0.39, 0.29) is 29.8 Å². The fourth-order valence-electron chi connectivity index (χ4n) is 2.36. The number of rotatable bonds is 8. The van der Waals surface area contributed by atoms with E-state index in [0.717, 1.165) is 0 Å². The van der Waals surface area contributed by atoms with Crippen molar-refractivity contribution in [2.24, 2.45) is 17.8 Å². The maximum Gasteiger partial charge on any atom is 0.305 e. The number of ether oxygens (including phenoxy) is 1. The van der Waals surface area contributed by atoms with Crippen LogP contribution in [0.3, 0.4) is 0 Å². The lowest BCUT2D eigenvalue weighted by Gasteiger charge is -2.34. The van der Waals surface area contributed by atoms with Crippen LogP contribution in [0.5, 0.6) is 0 Å². The van der Waals surface area contributed by atoms with Crippen LogP contribution in [0.2, 0.25) is 0 Å². The van der Waals surface area contributed by atoms with Gasteiger partial charge in [-0.1, -0.05) is 41.5 Å². The molecule has 0 aliphatic heterocycles. The molecule has 0 heterocycles. The first-order valence-electron chi connectivity index (χ1n) is 7.31. The fraction of sp³-hybridized carbons (Fsp3) is 0.933. The molecule has 0 aliphatic carbocycles. The highest BCUT2D eigenvalue weighted by Crippen LogP contribution is 2.26. The van der Waals surface area contributed by atoms with E-state index in [4.69, 9.17) is 4.74 Å². The summed E-state index contributed by atoms with van der Waals surface area (Å²) in [7, 11) is 0. The lowest BCUT2D eigenvalue weighted by atomic mass is 9.82. The Labute approximate surface area is 117 Å². The third-order valence-electron chi connectivity index (χ3n) is 3.83. The Morgan fingerprint density at radius 3 is 1.95 bits per heavy atom. The Balaban J connectivity index is 4.79. The molecule has 0 aromatic carbocycles. The molecule has 0 aliphatic rings. The van der Waals surface area contributed by atoms with Crippen molar-refractivity contribution in [1.82, 2.24) is 0 Å². The first-order chi connectivity index (χ1) is 8.76. The van der Waals surface area contributed by atoms with Crippen LogP contribution in [-0.2, 0) is 9.53 Å². The zero-order valence-electron chi connectivity index (χ0n) is 13.1. The number of esters is 1.